The molecular weight excluding hydrogens is 350 g/mol. The van der Waals surface area contributed by atoms with E-state index in [2.05, 4.69) is 5.32 Å². The minimum atomic E-state index is -0.226. The van der Waals surface area contributed by atoms with E-state index in [-0.39, 0.29) is 30.2 Å². The lowest BCUT2D eigenvalue weighted by Crippen LogP contribution is -2.47. The fraction of sp³-hybridized carbons (Fsp3) is 0.526. The maximum atomic E-state index is 12.7. The van der Waals surface area contributed by atoms with Gasteiger partial charge in [-0.15, -0.1) is 11.8 Å². The average Bonchev–Trinajstić information content (AvgIpc) is 2.67. The average molecular weight is 378 g/mol. The summed E-state index contributed by atoms with van der Waals surface area (Å²) in [5, 5.41) is 2.87. The Bertz CT molecular complexity index is 665. The highest BCUT2D eigenvalue weighted by Gasteiger charge is 2.30. The molecule has 26 heavy (non-hydrogen) atoms. The van der Waals surface area contributed by atoms with E-state index in [0.717, 1.165) is 23.4 Å². The lowest BCUT2D eigenvalue weighted by Gasteiger charge is -2.33. The number of nitrogens with one attached hydrogen (secondary N) is 1. The number of hydrogen-bond acceptors (Lipinski definition) is 4. The topological polar surface area (TPSA) is 69.7 Å². The Morgan fingerprint density at radius 3 is 2.73 bits per heavy atom. The van der Waals surface area contributed by atoms with Crippen LogP contribution in [0.5, 0.6) is 0 Å². The van der Waals surface area contributed by atoms with Crippen LogP contribution >= 0.6 is 11.8 Å². The van der Waals surface area contributed by atoms with Gasteiger partial charge in [0.2, 0.25) is 17.7 Å². The van der Waals surface area contributed by atoms with Crippen LogP contribution in [-0.2, 0) is 14.4 Å². The summed E-state index contributed by atoms with van der Waals surface area (Å²) in [5.41, 5.74) is 0.753. The predicted octanol–water partition coefficient (Wildman–Crippen LogP) is 2.45. The number of para-hydroxylation sites is 1. The van der Waals surface area contributed by atoms with Crippen molar-refractivity contribution in [3.63, 3.8) is 0 Å². The van der Waals surface area contributed by atoms with Crippen LogP contribution in [0.4, 0.5) is 5.69 Å². The van der Waals surface area contributed by atoms with Crippen molar-refractivity contribution in [2.24, 2.45) is 5.92 Å². The van der Waals surface area contributed by atoms with Crippen LogP contribution in [0.3, 0.4) is 0 Å². The molecule has 0 saturated carbocycles. The molecule has 1 aliphatic rings. The molecule has 1 atom stereocenters. The number of thioether (sulfide) groups is 1. The summed E-state index contributed by atoms with van der Waals surface area (Å²) in [6.07, 6.45) is 3.98. The highest BCUT2D eigenvalue weighted by molar-refractivity contribution is 7.98. The van der Waals surface area contributed by atoms with Gasteiger partial charge in [0.1, 0.15) is 0 Å². The third-order valence-corrected chi connectivity index (χ3v) is 5.36. The maximum Gasteiger partial charge on any atom is 0.244 e. The molecule has 7 heteroatoms. The van der Waals surface area contributed by atoms with E-state index in [0.29, 0.717) is 19.5 Å². The molecule has 1 aromatic rings. The van der Waals surface area contributed by atoms with Crippen LogP contribution in [0, 0.1) is 5.92 Å². The fourth-order valence-electron chi connectivity index (χ4n) is 3.17. The Kier molecular flexibility index (Phi) is 7.50. The normalized spacial score (nSPS) is 16.9. The Hall–Kier alpha value is -2.02. The van der Waals surface area contributed by atoms with E-state index in [1.54, 1.807) is 23.7 Å². The molecule has 0 bridgehead atoms. The Morgan fingerprint density at radius 2 is 2.04 bits per heavy atom. The lowest BCUT2D eigenvalue weighted by molar-refractivity contribution is -0.141. The van der Waals surface area contributed by atoms with Crippen molar-refractivity contribution in [2.45, 2.75) is 31.1 Å². The molecule has 0 spiro atoms. The number of piperidine rings is 1. The quantitative estimate of drug-likeness (QED) is 0.773. The van der Waals surface area contributed by atoms with Gasteiger partial charge in [0.05, 0.1) is 18.2 Å². The first-order valence-corrected chi connectivity index (χ1v) is 10.1. The third kappa shape index (κ3) is 5.24. The van der Waals surface area contributed by atoms with E-state index in [4.69, 9.17) is 0 Å². The van der Waals surface area contributed by atoms with Crippen molar-refractivity contribution >= 4 is 35.2 Å². The van der Waals surface area contributed by atoms with Crippen LogP contribution in [0.15, 0.2) is 29.2 Å². The Balaban J connectivity index is 1.91. The number of anilines is 1. The second-order valence-electron chi connectivity index (χ2n) is 6.48. The number of hydrogen-bond donors (Lipinski definition) is 1. The monoisotopic (exact) mass is 377 g/mol. The lowest BCUT2D eigenvalue weighted by atomic mass is 9.96. The van der Waals surface area contributed by atoms with Crippen molar-refractivity contribution in [3.8, 4) is 0 Å². The molecule has 0 radical (unpaired) electrons. The van der Waals surface area contributed by atoms with Crippen molar-refractivity contribution in [1.29, 1.82) is 0 Å². The van der Waals surface area contributed by atoms with Gasteiger partial charge in [0.15, 0.2) is 0 Å². The standard InChI is InChI=1S/C19H27N3O3S/c1-4-18(24)22-11-7-8-14(12-22)19(25)21(2)13-17(23)20-15-9-5-6-10-16(15)26-3/h5-6,9-10,14H,4,7-8,11-13H2,1-3H3,(H,20,23). The Labute approximate surface area is 159 Å². The third-order valence-electron chi connectivity index (χ3n) is 4.56. The summed E-state index contributed by atoms with van der Waals surface area (Å²) in [6, 6.07) is 7.58. The number of benzene rings is 1. The molecule has 1 aliphatic heterocycles. The summed E-state index contributed by atoms with van der Waals surface area (Å²) < 4.78 is 0. The SMILES string of the molecule is CCC(=O)N1CCCC(C(=O)N(C)CC(=O)Nc2ccccc2SC)C1. The van der Waals surface area contributed by atoms with Gasteiger partial charge in [-0.05, 0) is 31.2 Å². The van der Waals surface area contributed by atoms with Crippen LogP contribution < -0.4 is 5.32 Å². The van der Waals surface area contributed by atoms with E-state index < -0.39 is 0 Å². The molecule has 1 fully saturated rings. The summed E-state index contributed by atoms with van der Waals surface area (Å²) in [7, 11) is 1.64. The van der Waals surface area contributed by atoms with Gasteiger partial charge in [0, 0.05) is 31.5 Å². The van der Waals surface area contributed by atoms with Crippen LogP contribution in [0.25, 0.3) is 0 Å². The minimum Gasteiger partial charge on any atom is -0.342 e. The zero-order valence-electron chi connectivity index (χ0n) is 15.7. The highest BCUT2D eigenvalue weighted by atomic mass is 32.2. The smallest absolute Gasteiger partial charge is 0.244 e. The van der Waals surface area contributed by atoms with Gasteiger partial charge >= 0.3 is 0 Å². The number of nitrogens with zero attached hydrogens (tertiary/aromatic N) is 2. The molecule has 3 amide bonds. The zero-order valence-corrected chi connectivity index (χ0v) is 16.5. The van der Waals surface area contributed by atoms with E-state index in [9.17, 15) is 14.4 Å². The number of amides is 3. The first-order valence-electron chi connectivity index (χ1n) is 8.91. The van der Waals surface area contributed by atoms with Crippen LogP contribution in [-0.4, -0.2) is 60.5 Å². The van der Waals surface area contributed by atoms with Gasteiger partial charge in [-0.1, -0.05) is 19.1 Å². The summed E-state index contributed by atoms with van der Waals surface area (Å²) in [6.45, 7) is 3.00. The fourth-order valence-corrected chi connectivity index (χ4v) is 3.73. The predicted molar refractivity (Wildman–Crippen MR) is 104 cm³/mol. The number of carbonyl (C=O) groups excluding carboxylic acids is 3. The molecule has 0 aromatic heterocycles. The molecule has 1 aromatic carbocycles. The van der Waals surface area contributed by atoms with Gasteiger partial charge in [0.25, 0.3) is 0 Å². The van der Waals surface area contributed by atoms with Gasteiger partial charge in [-0.3, -0.25) is 14.4 Å². The molecular formula is C19H27N3O3S. The molecule has 0 aliphatic carbocycles. The van der Waals surface area contributed by atoms with Crippen molar-refractivity contribution in [2.75, 3.05) is 38.3 Å². The zero-order chi connectivity index (χ0) is 19.1. The molecule has 1 heterocycles. The summed E-state index contributed by atoms with van der Waals surface area (Å²) in [4.78, 5) is 41.1. The van der Waals surface area contributed by atoms with Gasteiger partial charge in [-0.2, -0.15) is 0 Å². The van der Waals surface area contributed by atoms with Crippen molar-refractivity contribution in [1.82, 2.24) is 9.80 Å². The number of likely N-dealkylation sites (N-methyl/N-ethyl adjacent to an activating group) is 1. The number of carbonyl (C=O) groups is 3. The molecule has 2 rings (SSSR count). The largest absolute Gasteiger partial charge is 0.342 e. The van der Waals surface area contributed by atoms with E-state index in [1.807, 2.05) is 37.4 Å². The molecule has 142 valence electrons. The Morgan fingerprint density at radius 1 is 1.31 bits per heavy atom. The first kappa shape index (κ1) is 20.3. The van der Waals surface area contributed by atoms with Crippen molar-refractivity contribution in [3.05, 3.63) is 24.3 Å². The summed E-state index contributed by atoms with van der Waals surface area (Å²) >= 11 is 1.56. The van der Waals surface area contributed by atoms with Gasteiger partial charge < -0.3 is 15.1 Å². The second-order valence-corrected chi connectivity index (χ2v) is 7.32. The minimum absolute atomic E-state index is 0.000225. The first-order chi connectivity index (χ1) is 12.5. The summed E-state index contributed by atoms with van der Waals surface area (Å²) in [5.74, 6) is -0.446. The second kappa shape index (κ2) is 9.62. The maximum absolute atomic E-state index is 12.7. The van der Waals surface area contributed by atoms with Crippen molar-refractivity contribution < 1.29 is 14.4 Å². The van der Waals surface area contributed by atoms with Gasteiger partial charge in [-0.25, -0.2) is 0 Å². The van der Waals surface area contributed by atoms with Crippen LogP contribution in [0.2, 0.25) is 0 Å². The number of rotatable bonds is 6. The molecule has 1 saturated heterocycles. The number of likely N-dealkylation sites (tertiary alicyclic amines) is 1. The van der Waals surface area contributed by atoms with E-state index in [1.165, 1.54) is 4.90 Å². The van der Waals surface area contributed by atoms with E-state index >= 15 is 0 Å². The van der Waals surface area contributed by atoms with Crippen LogP contribution in [0.1, 0.15) is 26.2 Å². The molecule has 1 N–H and O–H groups in total. The highest BCUT2D eigenvalue weighted by Crippen LogP contribution is 2.24. The molecule has 6 nitrogen and oxygen atoms in total. The molecule has 1 unspecified atom stereocenters.